The van der Waals surface area contributed by atoms with E-state index in [9.17, 15) is 9.59 Å². The fourth-order valence-corrected chi connectivity index (χ4v) is 3.22. The van der Waals surface area contributed by atoms with Crippen molar-refractivity contribution in [1.29, 1.82) is 0 Å². The van der Waals surface area contributed by atoms with Crippen LogP contribution in [0.4, 0.5) is 0 Å². The summed E-state index contributed by atoms with van der Waals surface area (Å²) in [5.74, 6) is 0.386. The maximum Gasteiger partial charge on any atom is 0.254 e. The highest BCUT2D eigenvalue weighted by Gasteiger charge is 2.19. The van der Waals surface area contributed by atoms with E-state index < -0.39 is 0 Å². The molecule has 8 heteroatoms. The van der Waals surface area contributed by atoms with Gasteiger partial charge in [0.25, 0.3) is 11.8 Å². The predicted octanol–water partition coefficient (Wildman–Crippen LogP) is 3.06. The van der Waals surface area contributed by atoms with Crippen LogP contribution in [0.25, 0.3) is 5.69 Å². The zero-order valence-corrected chi connectivity index (χ0v) is 16.9. The Labute approximate surface area is 179 Å². The average molecular weight is 415 g/mol. The van der Waals surface area contributed by atoms with Crippen LogP contribution in [-0.4, -0.2) is 38.5 Å². The lowest BCUT2D eigenvalue weighted by molar-refractivity contribution is 0.0717. The normalized spacial score (nSPS) is 10.6. The number of nitrogens with zero attached hydrogens (tertiary/aromatic N) is 4. The third kappa shape index (κ3) is 4.69. The molecule has 0 aliphatic carbocycles. The second-order valence-corrected chi connectivity index (χ2v) is 6.91. The Bertz CT molecular complexity index is 1150. The number of aromatic nitrogens is 3. The number of benzene rings is 2. The molecule has 2 aromatic carbocycles. The van der Waals surface area contributed by atoms with Gasteiger partial charge in [0.2, 0.25) is 0 Å². The second-order valence-electron chi connectivity index (χ2n) is 6.91. The molecule has 0 spiro atoms. The zero-order chi connectivity index (χ0) is 21.6. The lowest BCUT2D eigenvalue weighted by Gasteiger charge is -2.22. The number of hydrogen-bond acceptors (Lipinski definition) is 5. The molecular formula is C23H21N5O3. The summed E-state index contributed by atoms with van der Waals surface area (Å²) in [6.07, 6.45) is 4.61. The summed E-state index contributed by atoms with van der Waals surface area (Å²) in [6.45, 7) is 0.678. The first-order valence-corrected chi connectivity index (χ1v) is 9.72. The highest BCUT2D eigenvalue weighted by molar-refractivity contribution is 5.95. The smallest absolute Gasteiger partial charge is 0.254 e. The van der Waals surface area contributed by atoms with E-state index in [2.05, 4.69) is 15.4 Å². The van der Waals surface area contributed by atoms with Gasteiger partial charge in [0, 0.05) is 24.7 Å². The zero-order valence-electron chi connectivity index (χ0n) is 16.9. The lowest BCUT2D eigenvalue weighted by Crippen LogP contribution is -2.30. The molecule has 0 saturated carbocycles. The molecular weight excluding hydrogens is 394 g/mol. The van der Waals surface area contributed by atoms with Crippen LogP contribution in [0.15, 0.2) is 84.0 Å². The van der Waals surface area contributed by atoms with Crippen LogP contribution < -0.4 is 5.32 Å². The number of carbonyl (C=O) groups excluding carboxylic acids is 2. The molecule has 0 radical (unpaired) electrons. The Kier molecular flexibility index (Phi) is 5.89. The van der Waals surface area contributed by atoms with Gasteiger partial charge < -0.3 is 14.6 Å². The second kappa shape index (κ2) is 9.08. The van der Waals surface area contributed by atoms with Crippen molar-refractivity contribution in [2.75, 3.05) is 7.05 Å². The van der Waals surface area contributed by atoms with Gasteiger partial charge in [-0.25, -0.2) is 9.67 Å². The maximum atomic E-state index is 13.4. The van der Waals surface area contributed by atoms with E-state index in [0.29, 0.717) is 30.0 Å². The summed E-state index contributed by atoms with van der Waals surface area (Å²) in [7, 11) is 1.59. The number of rotatable bonds is 7. The van der Waals surface area contributed by atoms with Crippen LogP contribution in [0.2, 0.25) is 0 Å². The molecule has 8 nitrogen and oxygen atoms in total. The summed E-state index contributed by atoms with van der Waals surface area (Å²) >= 11 is 0. The monoisotopic (exact) mass is 415 g/mol. The molecule has 0 unspecified atom stereocenters. The number of nitrogens with one attached hydrogen (secondary N) is 1. The molecule has 4 rings (SSSR count). The molecule has 4 aromatic rings. The van der Waals surface area contributed by atoms with Crippen molar-refractivity contribution in [3.63, 3.8) is 0 Å². The van der Waals surface area contributed by atoms with E-state index in [1.807, 2.05) is 30.3 Å². The van der Waals surface area contributed by atoms with Gasteiger partial charge in [-0.3, -0.25) is 9.59 Å². The van der Waals surface area contributed by atoms with E-state index >= 15 is 0 Å². The molecule has 31 heavy (non-hydrogen) atoms. The Balaban J connectivity index is 1.59. The SMILES string of the molecule is CNC(=O)c1ccc(CN(Cc2ccco2)C(=O)c2cccc(-n3cncn3)c2)cc1. The number of hydrogen-bond donors (Lipinski definition) is 1. The van der Waals surface area contributed by atoms with Gasteiger partial charge in [0.1, 0.15) is 18.4 Å². The van der Waals surface area contributed by atoms with Crippen molar-refractivity contribution in [1.82, 2.24) is 25.0 Å². The first-order valence-electron chi connectivity index (χ1n) is 9.72. The summed E-state index contributed by atoms with van der Waals surface area (Å²) in [6, 6.07) is 18.0. The van der Waals surface area contributed by atoms with Crippen LogP contribution in [0.1, 0.15) is 32.0 Å². The molecule has 1 N–H and O–H groups in total. The third-order valence-corrected chi connectivity index (χ3v) is 4.81. The van der Waals surface area contributed by atoms with Crippen LogP contribution in [0.3, 0.4) is 0 Å². The van der Waals surface area contributed by atoms with Crippen LogP contribution in [0, 0.1) is 0 Å². The van der Waals surface area contributed by atoms with Crippen molar-refractivity contribution < 1.29 is 14.0 Å². The van der Waals surface area contributed by atoms with E-state index in [-0.39, 0.29) is 11.8 Å². The van der Waals surface area contributed by atoms with Crippen molar-refractivity contribution in [3.8, 4) is 5.69 Å². The first-order chi connectivity index (χ1) is 15.1. The minimum Gasteiger partial charge on any atom is -0.467 e. The van der Waals surface area contributed by atoms with E-state index in [4.69, 9.17) is 4.42 Å². The quantitative estimate of drug-likeness (QED) is 0.501. The van der Waals surface area contributed by atoms with Gasteiger partial charge in [-0.05, 0) is 48.0 Å². The minimum atomic E-state index is -0.153. The lowest BCUT2D eigenvalue weighted by atomic mass is 10.1. The van der Waals surface area contributed by atoms with Crippen molar-refractivity contribution in [2.45, 2.75) is 13.1 Å². The Morgan fingerprint density at radius 3 is 2.55 bits per heavy atom. The van der Waals surface area contributed by atoms with Crippen molar-refractivity contribution in [2.24, 2.45) is 0 Å². The molecule has 0 fully saturated rings. The first kappa shape index (κ1) is 20.1. The summed E-state index contributed by atoms with van der Waals surface area (Å²) in [5.41, 5.74) is 2.74. The molecule has 2 heterocycles. The van der Waals surface area contributed by atoms with E-state index in [1.54, 1.807) is 59.6 Å². The highest BCUT2D eigenvalue weighted by Crippen LogP contribution is 2.17. The molecule has 0 bridgehead atoms. The molecule has 2 aromatic heterocycles. The molecule has 0 saturated heterocycles. The Morgan fingerprint density at radius 2 is 1.87 bits per heavy atom. The van der Waals surface area contributed by atoms with E-state index in [0.717, 1.165) is 11.3 Å². The Morgan fingerprint density at radius 1 is 1.03 bits per heavy atom. The molecule has 0 aliphatic heterocycles. The van der Waals surface area contributed by atoms with Gasteiger partial charge in [-0.15, -0.1) is 0 Å². The van der Waals surface area contributed by atoms with Gasteiger partial charge in [0.05, 0.1) is 18.5 Å². The molecule has 156 valence electrons. The highest BCUT2D eigenvalue weighted by atomic mass is 16.3. The van der Waals surface area contributed by atoms with Crippen molar-refractivity contribution >= 4 is 11.8 Å². The van der Waals surface area contributed by atoms with Crippen molar-refractivity contribution in [3.05, 3.63) is 102 Å². The van der Waals surface area contributed by atoms with Gasteiger partial charge in [-0.1, -0.05) is 18.2 Å². The van der Waals surface area contributed by atoms with Crippen LogP contribution in [0.5, 0.6) is 0 Å². The summed E-state index contributed by atoms with van der Waals surface area (Å²) in [4.78, 5) is 30.8. The Hall–Kier alpha value is -4.20. The fraction of sp³-hybridized carbons (Fsp3) is 0.130. The summed E-state index contributed by atoms with van der Waals surface area (Å²) in [5, 5.41) is 6.72. The standard InChI is InChI=1S/C23H21N5O3/c1-24-22(29)18-9-7-17(8-10-18)13-27(14-21-6-3-11-31-21)23(30)19-4-2-5-20(12-19)28-16-25-15-26-28/h2-12,15-16H,13-14H2,1H3,(H,24,29). The molecule has 2 amide bonds. The number of carbonyl (C=O) groups is 2. The largest absolute Gasteiger partial charge is 0.467 e. The van der Waals surface area contributed by atoms with Crippen LogP contribution >= 0.6 is 0 Å². The summed E-state index contributed by atoms with van der Waals surface area (Å²) < 4.78 is 7.07. The maximum absolute atomic E-state index is 13.4. The number of furan rings is 1. The van der Waals surface area contributed by atoms with Gasteiger partial charge in [0.15, 0.2) is 0 Å². The predicted molar refractivity (Wildman–Crippen MR) is 113 cm³/mol. The molecule has 0 atom stereocenters. The number of amides is 2. The topological polar surface area (TPSA) is 93.3 Å². The van der Waals surface area contributed by atoms with E-state index in [1.165, 1.54) is 6.33 Å². The third-order valence-electron chi connectivity index (χ3n) is 4.81. The van der Waals surface area contributed by atoms with Crippen LogP contribution in [-0.2, 0) is 13.1 Å². The van der Waals surface area contributed by atoms with Gasteiger partial charge >= 0.3 is 0 Å². The molecule has 0 aliphatic rings. The average Bonchev–Trinajstić information content (AvgIpc) is 3.53. The fourth-order valence-electron chi connectivity index (χ4n) is 3.22. The van der Waals surface area contributed by atoms with Gasteiger partial charge in [-0.2, -0.15) is 5.10 Å². The minimum absolute atomic E-state index is 0.145.